The molecule has 9 heteroatoms. The Morgan fingerprint density at radius 3 is 2.47 bits per heavy atom. The van der Waals surface area contributed by atoms with Crippen LogP contribution in [0.2, 0.25) is 5.02 Å². The van der Waals surface area contributed by atoms with Gasteiger partial charge in [-0.05, 0) is 36.4 Å². The van der Waals surface area contributed by atoms with Crippen LogP contribution in [0.25, 0.3) is 5.69 Å². The molecule has 3 aromatic rings. The van der Waals surface area contributed by atoms with Crippen LogP contribution in [-0.2, 0) is 4.79 Å². The number of aromatic nitrogens is 1. The number of amides is 3. The lowest BCUT2D eigenvalue weighted by atomic mass is 10.1. The van der Waals surface area contributed by atoms with Crippen molar-refractivity contribution in [1.82, 2.24) is 9.88 Å². The summed E-state index contributed by atoms with van der Waals surface area (Å²) in [6.07, 6.45) is 3.66. The van der Waals surface area contributed by atoms with Crippen LogP contribution >= 0.6 is 11.6 Å². The Balaban J connectivity index is 1.82. The van der Waals surface area contributed by atoms with Crippen molar-refractivity contribution in [3.05, 3.63) is 77.1 Å². The molecule has 0 fully saturated rings. The minimum absolute atomic E-state index is 0.238. The Bertz CT molecular complexity index is 1100. The van der Waals surface area contributed by atoms with Gasteiger partial charge in [0.25, 0.3) is 11.8 Å². The molecule has 0 bridgehead atoms. The van der Waals surface area contributed by atoms with Crippen molar-refractivity contribution < 1.29 is 19.1 Å². The third kappa shape index (κ3) is 4.79. The van der Waals surface area contributed by atoms with E-state index in [1.807, 2.05) is 24.5 Å². The zero-order valence-corrected chi connectivity index (χ0v) is 16.8. The molecule has 30 heavy (non-hydrogen) atoms. The van der Waals surface area contributed by atoms with E-state index in [0.717, 1.165) is 0 Å². The SMILES string of the molecule is COc1cc(-n2cccc2)c(Cl)cc1C(=O)Nc1cccc(C(=O)NCC(N)=O)c1. The number of halogens is 1. The highest BCUT2D eigenvalue weighted by Gasteiger charge is 2.17. The van der Waals surface area contributed by atoms with E-state index in [1.165, 1.54) is 19.2 Å². The second-order valence-corrected chi connectivity index (χ2v) is 6.69. The molecule has 2 aromatic carbocycles. The first-order chi connectivity index (χ1) is 14.4. The summed E-state index contributed by atoms with van der Waals surface area (Å²) in [4.78, 5) is 35.7. The third-order valence-corrected chi connectivity index (χ3v) is 4.50. The molecule has 0 radical (unpaired) electrons. The molecule has 4 N–H and O–H groups in total. The monoisotopic (exact) mass is 426 g/mol. The lowest BCUT2D eigenvalue weighted by Gasteiger charge is -2.14. The van der Waals surface area contributed by atoms with E-state index in [0.29, 0.717) is 22.1 Å². The van der Waals surface area contributed by atoms with Crippen LogP contribution in [0, 0.1) is 0 Å². The van der Waals surface area contributed by atoms with Crippen LogP contribution in [-0.4, -0.2) is 35.9 Å². The number of primary amides is 1. The summed E-state index contributed by atoms with van der Waals surface area (Å²) in [6.45, 7) is -0.279. The lowest BCUT2D eigenvalue weighted by molar-refractivity contribution is -0.117. The van der Waals surface area contributed by atoms with E-state index in [1.54, 1.807) is 28.8 Å². The quantitative estimate of drug-likeness (QED) is 0.538. The highest BCUT2D eigenvalue weighted by atomic mass is 35.5. The Labute approximate surface area is 177 Å². The molecule has 0 aliphatic rings. The fourth-order valence-electron chi connectivity index (χ4n) is 2.79. The zero-order chi connectivity index (χ0) is 21.7. The predicted octanol–water partition coefficient (Wildman–Crippen LogP) is 2.61. The number of methoxy groups -OCH3 is 1. The van der Waals surface area contributed by atoms with Gasteiger partial charge < -0.3 is 25.7 Å². The Kier molecular flexibility index (Phi) is 6.38. The van der Waals surface area contributed by atoms with Gasteiger partial charge in [0.05, 0.1) is 29.9 Å². The average Bonchev–Trinajstić information content (AvgIpc) is 3.26. The van der Waals surface area contributed by atoms with Gasteiger partial charge in [-0.15, -0.1) is 0 Å². The molecule has 0 aliphatic carbocycles. The second kappa shape index (κ2) is 9.15. The first-order valence-corrected chi connectivity index (χ1v) is 9.25. The lowest BCUT2D eigenvalue weighted by Crippen LogP contribution is -2.33. The number of nitrogens with two attached hydrogens (primary N) is 1. The number of nitrogens with zero attached hydrogens (tertiary/aromatic N) is 1. The molecule has 154 valence electrons. The number of hydrogen-bond acceptors (Lipinski definition) is 4. The number of ether oxygens (including phenoxy) is 1. The van der Waals surface area contributed by atoms with Crippen LogP contribution in [0.5, 0.6) is 5.75 Å². The number of rotatable bonds is 7. The Morgan fingerprint density at radius 1 is 1.07 bits per heavy atom. The maximum Gasteiger partial charge on any atom is 0.259 e. The van der Waals surface area contributed by atoms with Gasteiger partial charge in [0.1, 0.15) is 5.75 Å². The maximum absolute atomic E-state index is 12.8. The van der Waals surface area contributed by atoms with Crippen molar-refractivity contribution in [2.45, 2.75) is 0 Å². The first-order valence-electron chi connectivity index (χ1n) is 8.88. The van der Waals surface area contributed by atoms with E-state index >= 15 is 0 Å². The van der Waals surface area contributed by atoms with Gasteiger partial charge >= 0.3 is 0 Å². The summed E-state index contributed by atoms with van der Waals surface area (Å²) < 4.78 is 7.18. The number of carbonyl (C=O) groups is 3. The molecule has 1 heterocycles. The van der Waals surface area contributed by atoms with Crippen LogP contribution < -0.4 is 21.1 Å². The van der Waals surface area contributed by atoms with E-state index < -0.39 is 17.7 Å². The molecule has 3 amide bonds. The molecule has 0 aliphatic heterocycles. The molecule has 8 nitrogen and oxygen atoms in total. The van der Waals surface area contributed by atoms with Crippen LogP contribution in [0.3, 0.4) is 0 Å². The minimum Gasteiger partial charge on any atom is -0.496 e. The first kappa shape index (κ1) is 20.9. The maximum atomic E-state index is 12.8. The number of hydrogen-bond donors (Lipinski definition) is 3. The summed E-state index contributed by atoms with van der Waals surface area (Å²) >= 11 is 6.38. The molecule has 3 rings (SSSR count). The number of carbonyl (C=O) groups excluding carboxylic acids is 3. The highest BCUT2D eigenvalue weighted by molar-refractivity contribution is 6.33. The number of benzene rings is 2. The molecular weight excluding hydrogens is 408 g/mol. The molecule has 0 spiro atoms. The van der Waals surface area contributed by atoms with E-state index in [4.69, 9.17) is 22.1 Å². The smallest absolute Gasteiger partial charge is 0.259 e. The summed E-state index contributed by atoms with van der Waals surface area (Å²) in [6, 6.07) is 13.2. The normalized spacial score (nSPS) is 10.3. The Hall–Kier alpha value is -3.78. The van der Waals surface area contributed by atoms with Gasteiger partial charge in [-0.2, -0.15) is 0 Å². The van der Waals surface area contributed by atoms with E-state index in [2.05, 4.69) is 10.6 Å². The predicted molar refractivity (Wildman–Crippen MR) is 113 cm³/mol. The van der Waals surface area contributed by atoms with Crippen molar-refractivity contribution in [1.29, 1.82) is 0 Å². The van der Waals surface area contributed by atoms with Gasteiger partial charge in [-0.1, -0.05) is 17.7 Å². The van der Waals surface area contributed by atoms with Gasteiger partial charge in [-0.3, -0.25) is 14.4 Å². The van der Waals surface area contributed by atoms with Gasteiger partial charge in [-0.25, -0.2) is 0 Å². The fourth-order valence-corrected chi connectivity index (χ4v) is 3.05. The van der Waals surface area contributed by atoms with E-state index in [9.17, 15) is 14.4 Å². The molecule has 0 unspecified atom stereocenters. The van der Waals surface area contributed by atoms with E-state index in [-0.39, 0.29) is 17.7 Å². The van der Waals surface area contributed by atoms with Crippen molar-refractivity contribution in [2.75, 3.05) is 19.0 Å². The number of anilines is 1. The molecule has 0 saturated heterocycles. The summed E-state index contributed by atoms with van der Waals surface area (Å²) in [7, 11) is 1.46. The van der Waals surface area contributed by atoms with Crippen molar-refractivity contribution in [2.24, 2.45) is 5.73 Å². The van der Waals surface area contributed by atoms with Gasteiger partial charge in [0, 0.05) is 29.7 Å². The van der Waals surface area contributed by atoms with Crippen molar-refractivity contribution in [3.63, 3.8) is 0 Å². The molecular formula is C21H19ClN4O4. The van der Waals surface area contributed by atoms with Gasteiger partial charge in [0.2, 0.25) is 5.91 Å². The van der Waals surface area contributed by atoms with Crippen molar-refractivity contribution in [3.8, 4) is 11.4 Å². The Morgan fingerprint density at radius 2 is 1.80 bits per heavy atom. The summed E-state index contributed by atoms with van der Waals surface area (Å²) in [5, 5.41) is 5.48. The summed E-state index contributed by atoms with van der Waals surface area (Å²) in [5.74, 6) is -1.25. The zero-order valence-electron chi connectivity index (χ0n) is 16.0. The average molecular weight is 427 g/mol. The van der Waals surface area contributed by atoms with Gasteiger partial charge in [0.15, 0.2) is 0 Å². The molecule has 1 aromatic heterocycles. The standard InChI is InChI=1S/C21H19ClN4O4/c1-30-18-11-17(26-7-2-3-8-26)16(22)10-15(18)21(29)25-14-6-4-5-13(9-14)20(28)24-12-19(23)27/h2-11H,12H2,1H3,(H2,23,27)(H,24,28)(H,25,29). The third-order valence-electron chi connectivity index (χ3n) is 4.20. The fraction of sp³-hybridized carbons (Fsp3) is 0.0952. The molecule has 0 saturated carbocycles. The number of nitrogens with one attached hydrogen (secondary N) is 2. The minimum atomic E-state index is -0.653. The van der Waals surface area contributed by atoms with Crippen LogP contribution in [0.4, 0.5) is 5.69 Å². The largest absolute Gasteiger partial charge is 0.496 e. The van der Waals surface area contributed by atoms with Crippen LogP contribution in [0.15, 0.2) is 60.9 Å². The molecule has 0 atom stereocenters. The highest BCUT2D eigenvalue weighted by Crippen LogP contribution is 2.30. The summed E-state index contributed by atoms with van der Waals surface area (Å²) in [5.41, 5.74) is 6.59. The van der Waals surface area contributed by atoms with Crippen molar-refractivity contribution >= 4 is 35.0 Å². The topological polar surface area (TPSA) is 115 Å². The van der Waals surface area contributed by atoms with Crippen LogP contribution in [0.1, 0.15) is 20.7 Å². The second-order valence-electron chi connectivity index (χ2n) is 6.28.